The molecule has 3 aromatic carbocycles. The maximum Gasteiger partial charge on any atom is 0.244 e. The average Bonchev–Trinajstić information content (AvgIpc) is 2.90. The van der Waals surface area contributed by atoms with E-state index in [0.29, 0.717) is 5.02 Å². The zero-order valence-corrected chi connectivity index (χ0v) is 24.4. The van der Waals surface area contributed by atoms with Crippen LogP contribution < -0.4 is 9.62 Å². The van der Waals surface area contributed by atoms with Gasteiger partial charge in [0.1, 0.15) is 12.6 Å². The summed E-state index contributed by atoms with van der Waals surface area (Å²) in [6.45, 7) is 5.51. The molecule has 0 unspecified atom stereocenters. The molecule has 0 aromatic heterocycles. The molecule has 0 saturated carbocycles. The lowest BCUT2D eigenvalue weighted by Crippen LogP contribution is -2.54. The summed E-state index contributed by atoms with van der Waals surface area (Å²) in [6, 6.07) is 22.6. The SMILES string of the molecule is CC[C@@H](C)NC(=O)[C@H](Cc1ccccc1)N(Cc1ccc(C)cc1)C(=O)CN(c1cccc(Cl)c1)S(C)(=O)=O. The number of halogens is 1. The first-order valence-corrected chi connectivity index (χ1v) is 15.1. The second-order valence-corrected chi connectivity index (χ2v) is 12.1. The molecular formula is C30H36ClN3O4S. The molecule has 2 atom stereocenters. The largest absolute Gasteiger partial charge is 0.352 e. The predicted molar refractivity (Wildman–Crippen MR) is 157 cm³/mol. The minimum absolute atomic E-state index is 0.0916. The average molecular weight is 570 g/mol. The van der Waals surface area contributed by atoms with Crippen LogP contribution in [0.15, 0.2) is 78.9 Å². The highest BCUT2D eigenvalue weighted by atomic mass is 35.5. The van der Waals surface area contributed by atoms with Crippen molar-refractivity contribution in [1.82, 2.24) is 10.2 Å². The van der Waals surface area contributed by atoms with Crippen molar-refractivity contribution < 1.29 is 18.0 Å². The van der Waals surface area contributed by atoms with Gasteiger partial charge in [-0.3, -0.25) is 13.9 Å². The van der Waals surface area contributed by atoms with Crippen LogP contribution in [0.4, 0.5) is 5.69 Å². The molecule has 0 saturated heterocycles. The van der Waals surface area contributed by atoms with E-state index in [1.165, 1.54) is 11.0 Å². The van der Waals surface area contributed by atoms with Crippen molar-refractivity contribution in [2.75, 3.05) is 17.1 Å². The van der Waals surface area contributed by atoms with Gasteiger partial charge in [-0.1, -0.05) is 84.8 Å². The molecule has 2 amide bonds. The summed E-state index contributed by atoms with van der Waals surface area (Å²) in [7, 11) is -3.84. The maximum absolute atomic E-state index is 14.0. The summed E-state index contributed by atoms with van der Waals surface area (Å²) < 4.78 is 26.6. The summed E-state index contributed by atoms with van der Waals surface area (Å²) in [4.78, 5) is 29.2. The number of sulfonamides is 1. The van der Waals surface area contributed by atoms with Crippen LogP contribution in [-0.2, 0) is 32.6 Å². The third-order valence-electron chi connectivity index (χ3n) is 6.52. The molecule has 39 heavy (non-hydrogen) atoms. The number of rotatable bonds is 12. The molecule has 0 aliphatic heterocycles. The van der Waals surface area contributed by atoms with Gasteiger partial charge >= 0.3 is 0 Å². The van der Waals surface area contributed by atoms with Crippen molar-refractivity contribution in [3.63, 3.8) is 0 Å². The lowest BCUT2D eigenvalue weighted by atomic mass is 10.0. The van der Waals surface area contributed by atoms with Crippen LogP contribution in [0.5, 0.6) is 0 Å². The third-order valence-corrected chi connectivity index (χ3v) is 7.90. The molecule has 3 aromatic rings. The Morgan fingerprint density at radius 3 is 2.21 bits per heavy atom. The minimum Gasteiger partial charge on any atom is -0.352 e. The number of benzene rings is 3. The van der Waals surface area contributed by atoms with E-state index in [9.17, 15) is 18.0 Å². The molecule has 0 aliphatic carbocycles. The Bertz CT molecular complexity index is 1360. The molecule has 1 N–H and O–H groups in total. The second-order valence-electron chi connectivity index (χ2n) is 9.78. The van der Waals surface area contributed by atoms with Gasteiger partial charge in [-0.2, -0.15) is 0 Å². The van der Waals surface area contributed by atoms with Crippen molar-refractivity contribution in [2.24, 2.45) is 0 Å². The molecular weight excluding hydrogens is 534 g/mol. The predicted octanol–water partition coefficient (Wildman–Crippen LogP) is 4.97. The van der Waals surface area contributed by atoms with E-state index >= 15 is 0 Å². The Labute approximate surface area is 236 Å². The monoisotopic (exact) mass is 569 g/mol. The Kier molecular flexibility index (Phi) is 10.5. The molecule has 0 heterocycles. The first-order chi connectivity index (χ1) is 18.5. The summed E-state index contributed by atoms with van der Waals surface area (Å²) in [6.07, 6.45) is 2.05. The van der Waals surface area contributed by atoms with E-state index in [2.05, 4.69) is 5.32 Å². The van der Waals surface area contributed by atoms with E-state index in [1.807, 2.05) is 75.4 Å². The van der Waals surface area contributed by atoms with E-state index in [1.54, 1.807) is 18.2 Å². The van der Waals surface area contributed by atoms with Gasteiger partial charge < -0.3 is 10.2 Å². The van der Waals surface area contributed by atoms with Crippen LogP contribution in [0.25, 0.3) is 0 Å². The van der Waals surface area contributed by atoms with E-state index in [0.717, 1.165) is 33.7 Å². The van der Waals surface area contributed by atoms with E-state index < -0.39 is 28.5 Å². The fourth-order valence-electron chi connectivity index (χ4n) is 4.13. The van der Waals surface area contributed by atoms with Gasteiger partial charge in [0.2, 0.25) is 21.8 Å². The van der Waals surface area contributed by atoms with Crippen LogP contribution in [0.1, 0.15) is 37.0 Å². The Morgan fingerprint density at radius 1 is 0.949 bits per heavy atom. The van der Waals surface area contributed by atoms with Gasteiger partial charge in [-0.25, -0.2) is 8.42 Å². The number of carbonyl (C=O) groups excluding carboxylic acids is 2. The highest BCUT2D eigenvalue weighted by molar-refractivity contribution is 7.92. The maximum atomic E-state index is 14.0. The summed E-state index contributed by atoms with van der Waals surface area (Å²) in [5.41, 5.74) is 3.06. The van der Waals surface area contributed by atoms with Crippen LogP contribution in [0.2, 0.25) is 5.02 Å². The van der Waals surface area contributed by atoms with Crippen molar-refractivity contribution >= 4 is 39.1 Å². The normalized spacial score (nSPS) is 12.8. The van der Waals surface area contributed by atoms with Crippen molar-refractivity contribution in [3.05, 3.63) is 101 Å². The lowest BCUT2D eigenvalue weighted by molar-refractivity contribution is -0.140. The second kappa shape index (κ2) is 13.6. The zero-order valence-electron chi connectivity index (χ0n) is 22.8. The third kappa shape index (κ3) is 8.83. The van der Waals surface area contributed by atoms with Crippen molar-refractivity contribution in [3.8, 4) is 0 Å². The molecule has 9 heteroatoms. The topological polar surface area (TPSA) is 86.8 Å². The number of aryl methyl sites for hydroxylation is 1. The first-order valence-electron chi connectivity index (χ1n) is 12.9. The van der Waals surface area contributed by atoms with Gasteiger partial charge in [0.05, 0.1) is 11.9 Å². The molecule has 0 bridgehead atoms. The van der Waals surface area contributed by atoms with Crippen molar-refractivity contribution in [1.29, 1.82) is 0 Å². The van der Waals surface area contributed by atoms with Crippen molar-refractivity contribution in [2.45, 2.75) is 52.2 Å². The zero-order chi connectivity index (χ0) is 28.6. The van der Waals surface area contributed by atoms with Gasteiger partial charge in [-0.05, 0) is 49.6 Å². The standard InChI is InChI=1S/C30H36ClN3O4S/c1-5-23(3)32-30(36)28(18-24-10-7-6-8-11-24)33(20-25-16-14-22(2)15-17-25)29(35)21-34(39(4,37)38)27-13-9-12-26(31)19-27/h6-17,19,23,28H,5,18,20-21H2,1-4H3,(H,32,36)/t23-,28+/m1/s1. The van der Waals surface area contributed by atoms with Crippen LogP contribution in [-0.4, -0.2) is 50.0 Å². The van der Waals surface area contributed by atoms with Gasteiger partial charge in [-0.15, -0.1) is 0 Å². The Balaban J connectivity index is 2.05. The molecule has 0 fully saturated rings. The number of hydrogen-bond donors (Lipinski definition) is 1. The highest BCUT2D eigenvalue weighted by Gasteiger charge is 2.33. The smallest absolute Gasteiger partial charge is 0.244 e. The molecule has 0 aliphatic rings. The summed E-state index contributed by atoms with van der Waals surface area (Å²) >= 11 is 6.13. The number of hydrogen-bond acceptors (Lipinski definition) is 4. The summed E-state index contributed by atoms with van der Waals surface area (Å²) in [5.74, 6) is -0.788. The van der Waals surface area contributed by atoms with Crippen LogP contribution in [0, 0.1) is 6.92 Å². The number of nitrogens with one attached hydrogen (secondary N) is 1. The molecule has 0 spiro atoms. The Hall–Kier alpha value is -3.36. The van der Waals surface area contributed by atoms with Crippen LogP contribution in [0.3, 0.4) is 0 Å². The number of anilines is 1. The highest BCUT2D eigenvalue weighted by Crippen LogP contribution is 2.23. The minimum atomic E-state index is -3.84. The van der Waals surface area contributed by atoms with E-state index in [4.69, 9.17) is 11.6 Å². The number of nitrogens with zero attached hydrogens (tertiary/aromatic N) is 2. The molecule has 7 nitrogen and oxygen atoms in total. The van der Waals surface area contributed by atoms with E-state index in [-0.39, 0.29) is 30.6 Å². The Morgan fingerprint density at radius 2 is 1.62 bits per heavy atom. The lowest BCUT2D eigenvalue weighted by Gasteiger charge is -2.34. The van der Waals surface area contributed by atoms with Gasteiger partial charge in [0.25, 0.3) is 0 Å². The molecule has 208 valence electrons. The van der Waals surface area contributed by atoms with Crippen LogP contribution >= 0.6 is 11.6 Å². The molecule has 0 radical (unpaired) electrons. The fraction of sp³-hybridized carbons (Fsp3) is 0.333. The number of carbonyl (C=O) groups is 2. The first kappa shape index (κ1) is 30.2. The summed E-state index contributed by atoms with van der Waals surface area (Å²) in [5, 5.41) is 3.37. The quantitative estimate of drug-likeness (QED) is 0.334. The number of amides is 2. The molecule has 3 rings (SSSR count). The fourth-order valence-corrected chi connectivity index (χ4v) is 5.16. The van der Waals surface area contributed by atoms with Gasteiger partial charge in [0, 0.05) is 24.0 Å². The van der Waals surface area contributed by atoms with Gasteiger partial charge in [0.15, 0.2) is 0 Å².